The Labute approximate surface area is 75.8 Å². The molecule has 0 heterocycles. The minimum absolute atomic E-state index is 0.199. The predicted octanol–water partition coefficient (Wildman–Crippen LogP) is 1.52. The van der Waals surface area contributed by atoms with E-state index in [1.54, 1.807) is 6.07 Å². The molecule has 0 aromatic heterocycles. The van der Waals surface area contributed by atoms with Crippen LogP contribution in [0, 0.1) is 11.9 Å². The van der Waals surface area contributed by atoms with Crippen LogP contribution in [0.2, 0.25) is 0 Å². The molecule has 0 unspecified atom stereocenters. The fraction of sp³-hybridized carbons (Fsp3) is 0.300. The average molecular weight is 178 g/mol. The van der Waals surface area contributed by atoms with Crippen molar-refractivity contribution in [3.63, 3.8) is 0 Å². The maximum atomic E-state index is 12.6. The fourth-order valence-corrected chi connectivity index (χ4v) is 1.07. The lowest BCUT2D eigenvalue weighted by atomic mass is 10.2. The molecule has 0 saturated heterocycles. The fourth-order valence-electron chi connectivity index (χ4n) is 1.07. The van der Waals surface area contributed by atoms with Crippen molar-refractivity contribution in [2.24, 2.45) is 0 Å². The molecule has 0 spiro atoms. The highest BCUT2D eigenvalue weighted by atomic mass is 19.1. The maximum absolute atomic E-state index is 12.6. The van der Waals surface area contributed by atoms with Gasteiger partial charge in [-0.2, -0.15) is 0 Å². The monoisotopic (exact) mass is 178 g/mol. The first kappa shape index (κ1) is 8.23. The van der Waals surface area contributed by atoms with E-state index in [1.807, 2.05) is 0 Å². The molecular formula is C10H9FNO. The SMILES string of the molecule is O=C(NC1CC1)c1cc[c]c(F)c1. The van der Waals surface area contributed by atoms with Crippen LogP contribution in [0.3, 0.4) is 0 Å². The van der Waals surface area contributed by atoms with Gasteiger partial charge in [0.2, 0.25) is 0 Å². The first-order valence-electron chi connectivity index (χ1n) is 4.24. The van der Waals surface area contributed by atoms with E-state index >= 15 is 0 Å². The van der Waals surface area contributed by atoms with Crippen molar-refractivity contribution in [1.82, 2.24) is 5.32 Å². The third kappa shape index (κ3) is 2.05. The molecule has 1 aromatic carbocycles. The topological polar surface area (TPSA) is 29.1 Å². The zero-order valence-electron chi connectivity index (χ0n) is 7.01. The van der Waals surface area contributed by atoms with Crippen molar-refractivity contribution in [3.05, 3.63) is 35.6 Å². The van der Waals surface area contributed by atoms with Gasteiger partial charge in [0.1, 0.15) is 5.82 Å². The van der Waals surface area contributed by atoms with Crippen molar-refractivity contribution >= 4 is 5.91 Å². The van der Waals surface area contributed by atoms with Crippen LogP contribution in [0.15, 0.2) is 18.2 Å². The zero-order chi connectivity index (χ0) is 9.26. The van der Waals surface area contributed by atoms with Crippen LogP contribution >= 0.6 is 0 Å². The van der Waals surface area contributed by atoms with Gasteiger partial charge < -0.3 is 5.32 Å². The number of hydrogen-bond acceptors (Lipinski definition) is 1. The van der Waals surface area contributed by atoms with Crippen LogP contribution in [0.1, 0.15) is 23.2 Å². The van der Waals surface area contributed by atoms with E-state index in [-0.39, 0.29) is 5.91 Å². The number of benzene rings is 1. The second-order valence-corrected chi connectivity index (χ2v) is 3.17. The van der Waals surface area contributed by atoms with Gasteiger partial charge in [-0.3, -0.25) is 4.79 Å². The Morgan fingerprint density at radius 1 is 1.62 bits per heavy atom. The summed E-state index contributed by atoms with van der Waals surface area (Å²) in [7, 11) is 0. The van der Waals surface area contributed by atoms with Gasteiger partial charge in [0.05, 0.1) is 0 Å². The quantitative estimate of drug-likeness (QED) is 0.730. The minimum Gasteiger partial charge on any atom is -0.349 e. The van der Waals surface area contributed by atoms with E-state index in [0.717, 1.165) is 12.8 Å². The summed E-state index contributed by atoms with van der Waals surface area (Å²) in [6.07, 6.45) is 2.07. The lowest BCUT2D eigenvalue weighted by Crippen LogP contribution is -2.25. The Hall–Kier alpha value is -1.38. The van der Waals surface area contributed by atoms with Crippen LogP contribution in [0.25, 0.3) is 0 Å². The molecule has 0 atom stereocenters. The number of amides is 1. The Bertz CT molecular complexity index is 333. The molecule has 1 amide bonds. The van der Waals surface area contributed by atoms with Crippen molar-refractivity contribution in [1.29, 1.82) is 0 Å². The standard InChI is InChI=1S/C10H9FNO/c11-8-3-1-2-7(6-8)10(13)12-9-4-5-9/h1-2,6,9H,4-5H2,(H,12,13). The third-order valence-electron chi connectivity index (χ3n) is 1.94. The molecule has 1 aliphatic carbocycles. The Morgan fingerprint density at radius 2 is 2.38 bits per heavy atom. The first-order chi connectivity index (χ1) is 6.25. The Kier molecular flexibility index (Phi) is 2.00. The summed E-state index contributed by atoms with van der Waals surface area (Å²) in [6.45, 7) is 0. The Balaban J connectivity index is 2.09. The molecule has 13 heavy (non-hydrogen) atoms. The largest absolute Gasteiger partial charge is 0.349 e. The van der Waals surface area contributed by atoms with Gasteiger partial charge in [-0.25, -0.2) is 4.39 Å². The van der Waals surface area contributed by atoms with Crippen molar-refractivity contribution in [3.8, 4) is 0 Å². The van der Waals surface area contributed by atoms with E-state index in [0.29, 0.717) is 11.6 Å². The highest BCUT2D eigenvalue weighted by molar-refractivity contribution is 5.94. The highest BCUT2D eigenvalue weighted by Gasteiger charge is 2.23. The van der Waals surface area contributed by atoms with E-state index < -0.39 is 5.82 Å². The highest BCUT2D eigenvalue weighted by Crippen LogP contribution is 2.19. The van der Waals surface area contributed by atoms with E-state index in [1.165, 1.54) is 12.1 Å². The molecule has 1 aromatic rings. The van der Waals surface area contributed by atoms with Gasteiger partial charge >= 0.3 is 0 Å². The van der Waals surface area contributed by atoms with Crippen LogP contribution < -0.4 is 5.32 Å². The van der Waals surface area contributed by atoms with Gasteiger partial charge in [-0.05, 0) is 25.0 Å². The number of nitrogens with one attached hydrogen (secondary N) is 1. The predicted molar refractivity (Wildman–Crippen MR) is 45.7 cm³/mol. The molecule has 2 nitrogen and oxygen atoms in total. The van der Waals surface area contributed by atoms with Crippen molar-refractivity contribution in [2.45, 2.75) is 18.9 Å². The van der Waals surface area contributed by atoms with Crippen LogP contribution in [0.5, 0.6) is 0 Å². The average Bonchev–Trinajstić information content (AvgIpc) is 2.88. The minimum atomic E-state index is -0.497. The summed E-state index contributed by atoms with van der Waals surface area (Å²) < 4.78 is 12.6. The number of carbonyl (C=O) groups is 1. The summed E-state index contributed by atoms with van der Waals surface area (Å²) in [4.78, 5) is 11.4. The van der Waals surface area contributed by atoms with E-state index in [2.05, 4.69) is 11.4 Å². The van der Waals surface area contributed by atoms with Gasteiger partial charge in [-0.15, -0.1) is 0 Å². The van der Waals surface area contributed by atoms with Gasteiger partial charge in [0, 0.05) is 17.7 Å². The second-order valence-electron chi connectivity index (χ2n) is 3.17. The molecular weight excluding hydrogens is 169 g/mol. The molecule has 3 heteroatoms. The molecule has 0 aliphatic heterocycles. The molecule has 0 bridgehead atoms. The van der Waals surface area contributed by atoms with Gasteiger partial charge in [0.25, 0.3) is 5.91 Å². The Morgan fingerprint density at radius 3 is 3.00 bits per heavy atom. The summed E-state index contributed by atoms with van der Waals surface area (Å²) >= 11 is 0. The molecule has 1 saturated carbocycles. The van der Waals surface area contributed by atoms with Crippen LogP contribution in [0.4, 0.5) is 4.39 Å². The maximum Gasteiger partial charge on any atom is 0.251 e. The lowest BCUT2D eigenvalue weighted by Gasteiger charge is -2.01. The van der Waals surface area contributed by atoms with Gasteiger partial charge in [-0.1, -0.05) is 6.07 Å². The second kappa shape index (κ2) is 3.17. The zero-order valence-corrected chi connectivity index (χ0v) is 7.01. The number of rotatable bonds is 2. The summed E-state index contributed by atoms with van der Waals surface area (Å²) in [5, 5.41) is 2.78. The van der Waals surface area contributed by atoms with Gasteiger partial charge in [0.15, 0.2) is 0 Å². The van der Waals surface area contributed by atoms with Crippen LogP contribution in [-0.2, 0) is 0 Å². The molecule has 1 aliphatic rings. The molecule has 67 valence electrons. The summed E-state index contributed by atoms with van der Waals surface area (Å²) in [6, 6.07) is 6.82. The van der Waals surface area contributed by atoms with E-state index in [4.69, 9.17) is 0 Å². The van der Waals surface area contributed by atoms with Crippen LogP contribution in [-0.4, -0.2) is 11.9 Å². The lowest BCUT2D eigenvalue weighted by molar-refractivity contribution is 0.0950. The molecule has 1 N–H and O–H groups in total. The summed E-state index contributed by atoms with van der Waals surface area (Å²) in [5.41, 5.74) is 0.364. The van der Waals surface area contributed by atoms with Crippen molar-refractivity contribution < 1.29 is 9.18 Å². The number of halogens is 1. The normalized spacial score (nSPS) is 15.5. The van der Waals surface area contributed by atoms with Crippen molar-refractivity contribution in [2.75, 3.05) is 0 Å². The molecule has 1 fully saturated rings. The smallest absolute Gasteiger partial charge is 0.251 e. The molecule has 1 radical (unpaired) electrons. The first-order valence-corrected chi connectivity index (χ1v) is 4.24. The third-order valence-corrected chi connectivity index (χ3v) is 1.94. The molecule has 2 rings (SSSR count). The van der Waals surface area contributed by atoms with E-state index in [9.17, 15) is 9.18 Å². The number of hydrogen-bond donors (Lipinski definition) is 1. The number of carbonyl (C=O) groups excluding carboxylic acids is 1. The summed E-state index contributed by atoms with van der Waals surface area (Å²) in [5.74, 6) is -0.696.